The average molecular weight is 1680 g/mol. The smallest absolute Gasteiger partial charge is 0.485 e. The molecule has 98 heavy (non-hydrogen) atoms. The van der Waals surface area contributed by atoms with Crippen LogP contribution in [0.4, 0.5) is 13.2 Å². The van der Waals surface area contributed by atoms with Gasteiger partial charge in [-0.3, -0.25) is 15.0 Å². The molecule has 17 heteroatoms. The summed E-state index contributed by atoms with van der Waals surface area (Å²) in [7, 11) is -4.09. The standard InChI is InChI=1S/2C22H19N2.C17H13N.C17H12N.CHF3O3S.2CH4O.2Ir/c2*1-16(2)18-12-6-8-14-20(18)24-21-15-9-7-13-19(21)23-22(24)17-10-4-3-5-11-17;2*1-3-7-14(8-4-1)16-11-12-17(18-13-16)15-9-5-2-6-10-15;2-1(3,4)8(5,6)7;2*1-2;;/h2*3-10,12-16H,1-2H3;1-13H;1-9,11-13H;(H,5,6,7);2*2H,1H3;;/q2*-1;;-1;;;;;/p-1. The van der Waals surface area contributed by atoms with Gasteiger partial charge >= 0.3 is 5.51 Å². The molecule has 4 heterocycles. The second kappa shape index (κ2) is 38.3. The Morgan fingerprint density at radius 2 is 0.704 bits per heavy atom. The number of aliphatic hydroxyl groups excluding tert-OH is 2. The molecule has 2 N–H and O–H groups in total. The second-order valence-corrected chi connectivity index (χ2v) is 23.0. The van der Waals surface area contributed by atoms with Gasteiger partial charge in [0.2, 0.25) is 0 Å². The maximum Gasteiger partial charge on any atom is 0.485 e. The molecule has 504 valence electrons. The molecule has 0 saturated heterocycles. The zero-order valence-electron chi connectivity index (χ0n) is 54.5. The van der Waals surface area contributed by atoms with Gasteiger partial charge in [-0.1, -0.05) is 198 Å². The first-order chi connectivity index (χ1) is 46.6. The summed E-state index contributed by atoms with van der Waals surface area (Å²) in [5.41, 5.74) is 14.4. The Hall–Kier alpha value is -9.64. The fourth-order valence-electron chi connectivity index (χ4n) is 10.2. The summed E-state index contributed by atoms with van der Waals surface area (Å²) >= 11 is 0. The first-order valence-corrected chi connectivity index (χ1v) is 32.1. The van der Waals surface area contributed by atoms with Crippen molar-refractivity contribution in [2.45, 2.75) is 45.0 Å². The van der Waals surface area contributed by atoms with E-state index in [1.54, 1.807) is 0 Å². The molecule has 0 bridgehead atoms. The Bertz CT molecular complexity index is 4350. The zero-order valence-corrected chi connectivity index (χ0v) is 60.1. The summed E-state index contributed by atoms with van der Waals surface area (Å²) in [6.07, 6.45) is 3.84. The summed E-state index contributed by atoms with van der Waals surface area (Å²) < 4.78 is 63.4. The van der Waals surface area contributed by atoms with Crippen LogP contribution in [0.5, 0.6) is 0 Å². The molecule has 14 aromatic rings. The van der Waals surface area contributed by atoms with Crippen LogP contribution in [0.3, 0.4) is 0 Å². The van der Waals surface area contributed by atoms with E-state index < -0.39 is 15.6 Å². The average Bonchev–Trinajstić information content (AvgIpc) is 1.61. The van der Waals surface area contributed by atoms with Gasteiger partial charge in [-0.15, -0.1) is 108 Å². The molecule has 0 amide bonds. The van der Waals surface area contributed by atoms with Crippen molar-refractivity contribution < 1.29 is 76.6 Å². The van der Waals surface area contributed by atoms with E-state index in [9.17, 15) is 13.2 Å². The second-order valence-electron chi connectivity index (χ2n) is 21.6. The molecule has 0 atom stereocenters. The number of hydrogen-bond acceptors (Lipinski definition) is 9. The van der Waals surface area contributed by atoms with Gasteiger partial charge in [-0.2, -0.15) is 13.2 Å². The zero-order chi connectivity index (χ0) is 68.5. The monoisotopic (exact) mass is 1680 g/mol. The summed E-state index contributed by atoms with van der Waals surface area (Å²) in [6.45, 7) is 8.91. The van der Waals surface area contributed by atoms with E-state index in [-0.39, 0.29) is 40.2 Å². The van der Waals surface area contributed by atoms with Gasteiger partial charge in [-0.05, 0) is 87.8 Å². The van der Waals surface area contributed by atoms with Gasteiger partial charge in [0.25, 0.3) is 0 Å². The van der Waals surface area contributed by atoms with Crippen molar-refractivity contribution in [3.05, 3.63) is 327 Å². The minimum absolute atomic E-state index is 0. The van der Waals surface area contributed by atoms with Crippen LogP contribution in [0.2, 0.25) is 0 Å². The van der Waals surface area contributed by atoms with E-state index in [4.69, 9.17) is 33.2 Å². The maximum atomic E-state index is 10.7. The summed E-state index contributed by atoms with van der Waals surface area (Å²) in [5, 5.41) is 14.0. The molecule has 14 rings (SSSR count). The third kappa shape index (κ3) is 20.5. The van der Waals surface area contributed by atoms with Gasteiger partial charge in [0.05, 0.1) is 39.4 Å². The van der Waals surface area contributed by atoms with Crippen molar-refractivity contribution in [2.24, 2.45) is 0 Å². The topological polar surface area (TPSA) is 159 Å². The first-order valence-electron chi connectivity index (χ1n) is 30.7. The van der Waals surface area contributed by atoms with Crippen molar-refractivity contribution in [2.75, 3.05) is 14.2 Å². The van der Waals surface area contributed by atoms with Crippen LogP contribution < -0.4 is 0 Å². The van der Waals surface area contributed by atoms with Gasteiger partial charge < -0.3 is 28.9 Å². The number of alkyl halides is 3. The third-order valence-electron chi connectivity index (χ3n) is 14.7. The van der Waals surface area contributed by atoms with Crippen molar-refractivity contribution in [3.8, 4) is 78.9 Å². The van der Waals surface area contributed by atoms with E-state index in [1.165, 1.54) is 33.6 Å². The number of hydrogen-bond donors (Lipinski definition) is 2. The number of fused-ring (bicyclic) bond motifs is 2. The molecule has 0 unspecified atom stereocenters. The maximum absolute atomic E-state index is 10.7. The van der Waals surface area contributed by atoms with Crippen LogP contribution in [-0.2, 0) is 50.3 Å². The van der Waals surface area contributed by atoms with Crippen LogP contribution in [0.15, 0.2) is 298 Å². The SMILES string of the molecule is CC(C)c1ccccc1-n1c(-c2[c-]cccc2)nc2ccccc21.CC(C)c1ccccc1-n1c(-c2[c-]cccc2)nc2ccccc21.CO.CO.O=S(=O)([O-])C(F)(F)F.[Ir].[Ir].[c-]1ccccc1-c1ccc(-c2ccccc2)cn1.c1ccc(-c2ccc(-c3ccccc3)nc2)cc1. The number of rotatable bonds is 10. The summed E-state index contributed by atoms with van der Waals surface area (Å²) in [4.78, 5) is 18.8. The molecule has 0 aliphatic carbocycles. The van der Waals surface area contributed by atoms with Crippen molar-refractivity contribution >= 4 is 32.2 Å². The van der Waals surface area contributed by atoms with E-state index in [2.05, 4.69) is 217 Å². The minimum atomic E-state index is -6.09. The number of benzene rings is 10. The number of halogens is 3. The first kappa shape index (κ1) is 77.4. The number of nitrogens with zero attached hydrogens (tertiary/aromatic N) is 6. The molecule has 11 nitrogen and oxygen atoms in total. The normalized spacial score (nSPS) is 10.6. The van der Waals surface area contributed by atoms with Crippen LogP contribution >= 0.6 is 0 Å². The minimum Gasteiger partial charge on any atom is -0.741 e. The Kier molecular flexibility index (Phi) is 30.3. The molecule has 0 spiro atoms. The number of imidazole rings is 2. The quantitative estimate of drug-likeness (QED) is 0.0772. The fraction of sp³-hybridized carbons (Fsp3) is 0.111. The summed E-state index contributed by atoms with van der Waals surface area (Å²) in [5.74, 6) is 2.75. The van der Waals surface area contributed by atoms with Gasteiger partial charge in [0.15, 0.2) is 10.1 Å². The molecule has 0 aliphatic rings. The Morgan fingerprint density at radius 3 is 1.04 bits per heavy atom. The number of pyridine rings is 2. The van der Waals surface area contributed by atoms with Gasteiger partial charge in [0.1, 0.15) is 0 Å². The molecule has 4 aromatic heterocycles. The number of aromatic nitrogens is 6. The Balaban J connectivity index is 0.000000195. The van der Waals surface area contributed by atoms with E-state index in [1.807, 2.05) is 146 Å². The predicted octanol–water partition coefficient (Wildman–Crippen LogP) is 19.1. The van der Waals surface area contributed by atoms with Crippen molar-refractivity contribution in [1.82, 2.24) is 29.1 Å². The van der Waals surface area contributed by atoms with Gasteiger partial charge in [0, 0.05) is 89.3 Å². The van der Waals surface area contributed by atoms with Crippen LogP contribution in [0.25, 0.3) is 101 Å². The van der Waals surface area contributed by atoms with Crippen LogP contribution in [-0.4, -0.2) is 72.0 Å². The number of para-hydroxylation sites is 6. The fourth-order valence-corrected chi connectivity index (χ4v) is 10.2. The Labute approximate surface area is 598 Å². The Morgan fingerprint density at radius 1 is 0.388 bits per heavy atom. The molecule has 0 aliphatic heterocycles. The number of aliphatic hydroxyl groups is 2. The van der Waals surface area contributed by atoms with Gasteiger partial charge in [-0.25, -0.2) is 8.42 Å². The van der Waals surface area contributed by atoms with Crippen molar-refractivity contribution in [1.29, 1.82) is 0 Å². The van der Waals surface area contributed by atoms with Crippen molar-refractivity contribution in [3.63, 3.8) is 0 Å². The molecule has 2 radical (unpaired) electrons. The molecular formula is C81H71F3Ir2N6O5S-4. The van der Waals surface area contributed by atoms with E-state index in [0.717, 1.165) is 92.7 Å². The third-order valence-corrected chi connectivity index (χ3v) is 15.3. The summed E-state index contributed by atoms with van der Waals surface area (Å²) in [6, 6.07) is 107. The predicted molar refractivity (Wildman–Crippen MR) is 380 cm³/mol. The molecular weight excluding hydrogens is 1610 g/mol. The molecule has 0 saturated carbocycles. The van der Waals surface area contributed by atoms with Crippen LogP contribution in [0, 0.1) is 18.2 Å². The molecule has 10 aromatic carbocycles. The van der Waals surface area contributed by atoms with E-state index in [0.29, 0.717) is 11.8 Å². The largest absolute Gasteiger partial charge is 0.741 e. The van der Waals surface area contributed by atoms with Crippen LogP contribution in [0.1, 0.15) is 50.7 Å². The van der Waals surface area contributed by atoms with E-state index >= 15 is 0 Å². The molecule has 0 fully saturated rings.